The monoisotopic (exact) mass is 354 g/mol. The maximum atomic E-state index is 5.93. The Morgan fingerprint density at radius 1 is 1.24 bits per heavy atom. The topological polar surface area (TPSA) is 49.3 Å². The van der Waals surface area contributed by atoms with Gasteiger partial charge in [0.1, 0.15) is 0 Å². The van der Waals surface area contributed by atoms with Gasteiger partial charge in [0.15, 0.2) is 5.96 Å². The first-order valence-corrected chi connectivity index (χ1v) is 10.1. The van der Waals surface area contributed by atoms with Crippen molar-refractivity contribution in [1.29, 1.82) is 0 Å². The van der Waals surface area contributed by atoms with Crippen molar-refractivity contribution >= 4 is 5.96 Å². The summed E-state index contributed by atoms with van der Waals surface area (Å²) >= 11 is 0. The molecular weight excluding hydrogens is 316 g/mol. The van der Waals surface area contributed by atoms with E-state index in [2.05, 4.69) is 34.0 Å². The number of hydrogen-bond acceptors (Lipinski definition) is 4. The molecule has 0 aliphatic carbocycles. The zero-order valence-electron chi connectivity index (χ0n) is 16.5. The second kappa shape index (κ2) is 11.7. The van der Waals surface area contributed by atoms with Crippen LogP contribution in [0.15, 0.2) is 4.99 Å². The van der Waals surface area contributed by atoms with Crippen LogP contribution >= 0.6 is 0 Å². The van der Waals surface area contributed by atoms with E-state index in [4.69, 9.17) is 9.47 Å². The zero-order valence-corrected chi connectivity index (χ0v) is 16.5. The van der Waals surface area contributed by atoms with Crippen LogP contribution in [0.1, 0.15) is 39.5 Å². The van der Waals surface area contributed by atoms with E-state index < -0.39 is 0 Å². The van der Waals surface area contributed by atoms with Crippen molar-refractivity contribution in [2.24, 2.45) is 10.9 Å². The summed E-state index contributed by atoms with van der Waals surface area (Å²) in [6.07, 6.45) is 4.76. The van der Waals surface area contributed by atoms with Crippen molar-refractivity contribution < 1.29 is 9.47 Å². The lowest BCUT2D eigenvalue weighted by Crippen LogP contribution is -2.41. The molecule has 6 nitrogen and oxygen atoms in total. The first-order chi connectivity index (χ1) is 12.3. The Morgan fingerprint density at radius 3 is 2.68 bits per heavy atom. The van der Waals surface area contributed by atoms with E-state index in [1.165, 1.54) is 13.0 Å². The average molecular weight is 355 g/mol. The third-order valence-corrected chi connectivity index (χ3v) is 5.33. The molecule has 2 saturated heterocycles. The molecule has 2 aliphatic rings. The average Bonchev–Trinajstić information content (AvgIpc) is 3.12. The highest BCUT2D eigenvalue weighted by Gasteiger charge is 2.25. The maximum absolute atomic E-state index is 5.93. The summed E-state index contributed by atoms with van der Waals surface area (Å²) in [4.78, 5) is 9.41. The molecule has 1 atom stereocenters. The number of rotatable bonds is 9. The summed E-state index contributed by atoms with van der Waals surface area (Å²) in [5, 5.41) is 3.51. The molecule has 0 aromatic carbocycles. The third kappa shape index (κ3) is 7.12. The Morgan fingerprint density at radius 2 is 2.00 bits per heavy atom. The van der Waals surface area contributed by atoms with Gasteiger partial charge >= 0.3 is 0 Å². The quantitative estimate of drug-likeness (QED) is 0.389. The molecule has 0 aromatic rings. The Balaban J connectivity index is 1.60. The van der Waals surface area contributed by atoms with E-state index >= 15 is 0 Å². The van der Waals surface area contributed by atoms with Crippen LogP contribution in [0, 0.1) is 5.92 Å². The van der Waals surface area contributed by atoms with E-state index in [1.807, 2.05) is 7.05 Å². The van der Waals surface area contributed by atoms with E-state index in [9.17, 15) is 0 Å². The first kappa shape index (κ1) is 20.5. The van der Waals surface area contributed by atoms with Crippen LogP contribution < -0.4 is 5.32 Å². The Kier molecular flexibility index (Phi) is 9.58. The lowest BCUT2D eigenvalue weighted by atomic mass is 10.1. The van der Waals surface area contributed by atoms with Crippen LogP contribution in [0.5, 0.6) is 0 Å². The SMILES string of the molecule is CCN(CC)CC1CCN(C(=NC)NCCCOC2CCOCC2)C1. The second-order valence-electron chi connectivity index (χ2n) is 7.10. The lowest BCUT2D eigenvalue weighted by Gasteiger charge is -2.25. The molecule has 0 spiro atoms. The highest BCUT2D eigenvalue weighted by molar-refractivity contribution is 5.80. The first-order valence-electron chi connectivity index (χ1n) is 10.1. The highest BCUT2D eigenvalue weighted by Crippen LogP contribution is 2.17. The fourth-order valence-electron chi connectivity index (χ4n) is 3.72. The highest BCUT2D eigenvalue weighted by atomic mass is 16.5. The van der Waals surface area contributed by atoms with Gasteiger partial charge in [0.25, 0.3) is 0 Å². The van der Waals surface area contributed by atoms with Gasteiger partial charge in [-0.15, -0.1) is 0 Å². The summed E-state index contributed by atoms with van der Waals surface area (Å²) in [5.41, 5.74) is 0. The molecule has 0 amide bonds. The van der Waals surface area contributed by atoms with Crippen molar-refractivity contribution in [3.05, 3.63) is 0 Å². The lowest BCUT2D eigenvalue weighted by molar-refractivity contribution is -0.0320. The van der Waals surface area contributed by atoms with Gasteiger partial charge in [0.05, 0.1) is 6.10 Å². The van der Waals surface area contributed by atoms with Crippen LogP contribution in [-0.4, -0.2) is 88.0 Å². The molecule has 146 valence electrons. The van der Waals surface area contributed by atoms with Crippen molar-refractivity contribution in [2.45, 2.75) is 45.6 Å². The van der Waals surface area contributed by atoms with Crippen molar-refractivity contribution in [3.8, 4) is 0 Å². The van der Waals surface area contributed by atoms with Crippen molar-refractivity contribution in [3.63, 3.8) is 0 Å². The minimum absolute atomic E-state index is 0.396. The minimum atomic E-state index is 0.396. The molecule has 0 aromatic heterocycles. The standard InChI is InChI=1S/C19H38N4O2/c1-4-22(5-2)15-17-7-11-23(16-17)19(20-3)21-10-6-12-25-18-8-13-24-14-9-18/h17-18H,4-16H2,1-3H3,(H,20,21). The molecule has 0 bridgehead atoms. The van der Waals surface area contributed by atoms with Gasteiger partial charge < -0.3 is 24.6 Å². The molecule has 6 heteroatoms. The van der Waals surface area contributed by atoms with E-state index in [-0.39, 0.29) is 0 Å². The van der Waals surface area contributed by atoms with E-state index in [0.29, 0.717) is 6.10 Å². The smallest absolute Gasteiger partial charge is 0.193 e. The van der Waals surface area contributed by atoms with Crippen LogP contribution in [0.3, 0.4) is 0 Å². The Bertz CT molecular complexity index is 382. The maximum Gasteiger partial charge on any atom is 0.193 e. The number of ether oxygens (including phenoxy) is 2. The number of likely N-dealkylation sites (tertiary alicyclic amines) is 1. The van der Waals surface area contributed by atoms with Crippen molar-refractivity contribution in [1.82, 2.24) is 15.1 Å². The summed E-state index contributed by atoms with van der Waals surface area (Å²) in [6, 6.07) is 0. The molecule has 25 heavy (non-hydrogen) atoms. The van der Waals surface area contributed by atoms with Crippen LogP contribution in [-0.2, 0) is 9.47 Å². The fraction of sp³-hybridized carbons (Fsp3) is 0.947. The van der Waals surface area contributed by atoms with E-state index in [1.54, 1.807) is 0 Å². The van der Waals surface area contributed by atoms with Gasteiger partial charge in [-0.25, -0.2) is 0 Å². The molecule has 2 heterocycles. The molecular formula is C19H38N4O2. The predicted octanol–water partition coefficient (Wildman–Crippen LogP) is 1.81. The molecule has 0 radical (unpaired) electrons. The summed E-state index contributed by atoms with van der Waals surface area (Å²) < 4.78 is 11.3. The summed E-state index contributed by atoms with van der Waals surface area (Å²) in [5.74, 6) is 1.81. The number of guanidine groups is 1. The van der Waals surface area contributed by atoms with Gasteiger partial charge in [0.2, 0.25) is 0 Å². The van der Waals surface area contributed by atoms with Gasteiger partial charge in [0, 0.05) is 53.0 Å². The van der Waals surface area contributed by atoms with E-state index in [0.717, 1.165) is 83.7 Å². The van der Waals surface area contributed by atoms with Gasteiger partial charge in [-0.1, -0.05) is 13.8 Å². The van der Waals surface area contributed by atoms with Crippen LogP contribution in [0.2, 0.25) is 0 Å². The Labute approximate surface area is 153 Å². The largest absolute Gasteiger partial charge is 0.381 e. The number of aliphatic imine (C=N–C) groups is 1. The molecule has 0 saturated carbocycles. The summed E-state index contributed by atoms with van der Waals surface area (Å²) in [6.45, 7) is 13.7. The second-order valence-corrected chi connectivity index (χ2v) is 7.10. The predicted molar refractivity (Wildman–Crippen MR) is 103 cm³/mol. The van der Waals surface area contributed by atoms with Crippen LogP contribution in [0.4, 0.5) is 0 Å². The molecule has 1 N–H and O–H groups in total. The minimum Gasteiger partial charge on any atom is -0.381 e. The summed E-state index contributed by atoms with van der Waals surface area (Å²) in [7, 11) is 1.89. The van der Waals surface area contributed by atoms with Gasteiger partial charge in [-0.05, 0) is 44.7 Å². The Hall–Kier alpha value is -0.850. The molecule has 1 unspecified atom stereocenters. The molecule has 2 rings (SSSR count). The van der Waals surface area contributed by atoms with Gasteiger partial charge in [-0.3, -0.25) is 4.99 Å². The molecule has 2 fully saturated rings. The molecule has 2 aliphatic heterocycles. The van der Waals surface area contributed by atoms with Crippen LogP contribution in [0.25, 0.3) is 0 Å². The number of hydrogen-bond donors (Lipinski definition) is 1. The zero-order chi connectivity index (χ0) is 17.9. The van der Waals surface area contributed by atoms with Gasteiger partial charge in [-0.2, -0.15) is 0 Å². The fourth-order valence-corrected chi connectivity index (χ4v) is 3.72. The number of nitrogens with one attached hydrogen (secondary N) is 1. The third-order valence-electron chi connectivity index (χ3n) is 5.33. The van der Waals surface area contributed by atoms with Crippen molar-refractivity contribution in [2.75, 3.05) is 66.1 Å². The number of nitrogens with zero attached hydrogens (tertiary/aromatic N) is 3. The normalized spacial score (nSPS) is 22.8.